The molecule has 0 aliphatic carbocycles. The number of aromatic nitrogens is 2. The predicted octanol–water partition coefficient (Wildman–Crippen LogP) is -1.61. The minimum absolute atomic E-state index is 0.151. The van der Waals surface area contributed by atoms with Gasteiger partial charge in [0.15, 0.2) is 0 Å². The molecule has 1 saturated heterocycles. The van der Waals surface area contributed by atoms with E-state index in [2.05, 4.69) is 0 Å². The van der Waals surface area contributed by atoms with Gasteiger partial charge in [-0.15, -0.1) is 0 Å². The molecule has 0 amide bonds. The first-order valence-corrected chi connectivity index (χ1v) is 5.75. The van der Waals surface area contributed by atoms with Crippen molar-refractivity contribution in [2.24, 2.45) is 0 Å². The first kappa shape index (κ1) is 14.4. The maximum atomic E-state index is 13.0. The van der Waals surface area contributed by atoms with Crippen LogP contribution in [-0.4, -0.2) is 44.8 Å². The summed E-state index contributed by atoms with van der Waals surface area (Å²) >= 11 is 0. The largest absolute Gasteiger partial charge is 0.393 e. The first-order chi connectivity index (χ1) is 9.47. The second kappa shape index (κ2) is 5.16. The van der Waals surface area contributed by atoms with Gasteiger partial charge in [-0.2, -0.15) is 5.26 Å². The first-order valence-electron chi connectivity index (χ1n) is 5.75. The van der Waals surface area contributed by atoms with Crippen LogP contribution < -0.4 is 11.2 Å². The van der Waals surface area contributed by atoms with Crippen LogP contribution in [0, 0.1) is 11.3 Å². The molecule has 20 heavy (non-hydrogen) atoms. The number of H-pyrrole nitrogens is 1. The Hall–Kier alpha value is -2.02. The molecule has 2 heterocycles. The summed E-state index contributed by atoms with van der Waals surface area (Å²) in [4.78, 5) is 24.9. The third-order valence-corrected chi connectivity index (χ3v) is 3.30. The zero-order valence-electron chi connectivity index (χ0n) is 10.2. The van der Waals surface area contributed by atoms with Crippen molar-refractivity contribution in [1.82, 2.24) is 9.55 Å². The second-order valence-electron chi connectivity index (χ2n) is 4.50. The quantitative estimate of drug-likeness (QED) is 0.613. The fraction of sp³-hybridized carbons (Fsp3) is 0.545. The summed E-state index contributed by atoms with van der Waals surface area (Å²) in [5.74, 6) is 0. The highest BCUT2D eigenvalue weighted by molar-refractivity contribution is 5.22. The van der Waals surface area contributed by atoms with Crippen LogP contribution in [0.5, 0.6) is 0 Å². The number of aliphatic hydroxyl groups is 2. The van der Waals surface area contributed by atoms with Crippen LogP contribution in [0.3, 0.4) is 0 Å². The lowest BCUT2D eigenvalue weighted by Gasteiger charge is -2.26. The van der Waals surface area contributed by atoms with E-state index in [1.807, 2.05) is 4.98 Å². The molecule has 0 aromatic carbocycles. The zero-order chi connectivity index (χ0) is 14.9. The van der Waals surface area contributed by atoms with Crippen LogP contribution in [0.15, 0.2) is 15.8 Å². The molecule has 108 valence electrons. The minimum Gasteiger partial charge on any atom is -0.393 e. The summed E-state index contributed by atoms with van der Waals surface area (Å²) < 4.78 is 19.1. The maximum absolute atomic E-state index is 13.0. The number of aromatic amines is 1. The molecule has 3 N–H and O–H groups in total. The van der Waals surface area contributed by atoms with Crippen LogP contribution in [0.1, 0.15) is 18.2 Å². The standard InChI is InChI=1S/C11H12FN3O5/c12-4-11(5-16)7(17)1-8(20-11)15-3-6(2-13)9(18)14-10(15)19/h3,7-8,16-17H,1,4-5H2,(H,14,18,19)/t7-,8+,11+/m0/s1. The van der Waals surface area contributed by atoms with E-state index in [1.54, 1.807) is 6.07 Å². The van der Waals surface area contributed by atoms with E-state index in [-0.39, 0.29) is 12.0 Å². The summed E-state index contributed by atoms with van der Waals surface area (Å²) in [6, 6.07) is 1.60. The molecule has 1 aromatic rings. The monoisotopic (exact) mass is 285 g/mol. The van der Waals surface area contributed by atoms with E-state index in [0.717, 1.165) is 10.8 Å². The molecular formula is C11H12FN3O5. The molecule has 1 aromatic heterocycles. The third kappa shape index (κ3) is 2.14. The molecule has 8 nitrogen and oxygen atoms in total. The van der Waals surface area contributed by atoms with Gasteiger partial charge < -0.3 is 14.9 Å². The van der Waals surface area contributed by atoms with Crippen LogP contribution in [0.2, 0.25) is 0 Å². The van der Waals surface area contributed by atoms with Gasteiger partial charge >= 0.3 is 5.69 Å². The Morgan fingerprint density at radius 3 is 2.85 bits per heavy atom. The van der Waals surface area contributed by atoms with Gasteiger partial charge in [0.05, 0.1) is 12.7 Å². The second-order valence-corrected chi connectivity index (χ2v) is 4.50. The summed E-state index contributed by atoms with van der Waals surface area (Å²) in [6.07, 6.45) is -1.57. The number of hydrogen-bond acceptors (Lipinski definition) is 6. The predicted molar refractivity (Wildman–Crippen MR) is 62.6 cm³/mol. The summed E-state index contributed by atoms with van der Waals surface area (Å²) in [5, 5.41) is 27.7. The number of hydrogen-bond donors (Lipinski definition) is 3. The average Bonchev–Trinajstić information content (AvgIpc) is 2.76. The van der Waals surface area contributed by atoms with Crippen molar-refractivity contribution >= 4 is 0 Å². The number of nitrogens with one attached hydrogen (secondary N) is 1. The topological polar surface area (TPSA) is 128 Å². The molecule has 0 bridgehead atoms. The molecule has 0 radical (unpaired) electrons. The van der Waals surface area contributed by atoms with E-state index in [0.29, 0.717) is 0 Å². The van der Waals surface area contributed by atoms with Gasteiger partial charge in [-0.25, -0.2) is 9.18 Å². The van der Waals surface area contributed by atoms with Gasteiger partial charge in [0.2, 0.25) is 0 Å². The SMILES string of the molecule is N#Cc1cn([C@H]2C[C@H](O)[C@](CO)(CF)O2)c(=O)[nH]c1=O. The van der Waals surface area contributed by atoms with E-state index < -0.39 is 42.5 Å². The van der Waals surface area contributed by atoms with Crippen LogP contribution >= 0.6 is 0 Å². The number of nitriles is 1. The van der Waals surface area contributed by atoms with Gasteiger partial charge in [0.25, 0.3) is 5.56 Å². The highest BCUT2D eigenvalue weighted by atomic mass is 19.1. The molecule has 1 aliphatic rings. The van der Waals surface area contributed by atoms with Crippen molar-refractivity contribution in [3.63, 3.8) is 0 Å². The van der Waals surface area contributed by atoms with Crippen molar-refractivity contribution in [2.45, 2.75) is 24.4 Å². The van der Waals surface area contributed by atoms with Crippen molar-refractivity contribution in [3.8, 4) is 6.07 Å². The molecule has 3 atom stereocenters. The van der Waals surface area contributed by atoms with Gasteiger partial charge in [-0.1, -0.05) is 0 Å². The fourth-order valence-electron chi connectivity index (χ4n) is 2.06. The number of ether oxygens (including phenoxy) is 1. The van der Waals surface area contributed by atoms with E-state index in [4.69, 9.17) is 15.1 Å². The normalized spacial score (nSPS) is 29.3. The third-order valence-electron chi connectivity index (χ3n) is 3.30. The lowest BCUT2D eigenvalue weighted by molar-refractivity contribution is -0.138. The Labute approximate surface area is 111 Å². The number of rotatable bonds is 3. The summed E-state index contributed by atoms with van der Waals surface area (Å²) in [5.41, 5.74) is -3.80. The van der Waals surface area contributed by atoms with Gasteiger partial charge in [-0.3, -0.25) is 14.3 Å². The molecule has 2 rings (SSSR count). The van der Waals surface area contributed by atoms with Crippen molar-refractivity contribution in [2.75, 3.05) is 13.3 Å². The molecular weight excluding hydrogens is 273 g/mol. The highest BCUT2D eigenvalue weighted by Crippen LogP contribution is 2.36. The summed E-state index contributed by atoms with van der Waals surface area (Å²) in [6.45, 7) is -1.89. The molecule has 0 unspecified atom stereocenters. The van der Waals surface area contributed by atoms with Crippen LogP contribution in [0.4, 0.5) is 4.39 Å². The van der Waals surface area contributed by atoms with E-state index in [1.165, 1.54) is 0 Å². The number of alkyl halides is 1. The van der Waals surface area contributed by atoms with Crippen molar-refractivity contribution < 1.29 is 19.3 Å². The number of halogens is 1. The Morgan fingerprint density at radius 2 is 2.35 bits per heavy atom. The summed E-state index contributed by atoms with van der Waals surface area (Å²) in [7, 11) is 0. The lowest BCUT2D eigenvalue weighted by atomic mass is 10.00. The Bertz CT molecular complexity index is 657. The zero-order valence-corrected chi connectivity index (χ0v) is 10.2. The average molecular weight is 285 g/mol. The van der Waals surface area contributed by atoms with Gasteiger partial charge in [-0.05, 0) is 0 Å². The van der Waals surface area contributed by atoms with Crippen LogP contribution in [-0.2, 0) is 4.74 Å². The molecule has 1 aliphatic heterocycles. The molecule has 9 heteroatoms. The maximum Gasteiger partial charge on any atom is 0.330 e. The molecule has 0 saturated carbocycles. The smallest absolute Gasteiger partial charge is 0.330 e. The Kier molecular flexibility index (Phi) is 3.71. The Balaban J connectivity index is 2.43. The van der Waals surface area contributed by atoms with E-state index in [9.17, 15) is 19.1 Å². The van der Waals surface area contributed by atoms with E-state index >= 15 is 0 Å². The fourth-order valence-corrected chi connectivity index (χ4v) is 2.06. The van der Waals surface area contributed by atoms with Gasteiger partial charge in [0.1, 0.15) is 30.1 Å². The van der Waals surface area contributed by atoms with Crippen LogP contribution in [0.25, 0.3) is 0 Å². The minimum atomic E-state index is -1.80. The number of aliphatic hydroxyl groups excluding tert-OH is 2. The van der Waals surface area contributed by atoms with Gasteiger partial charge in [0, 0.05) is 12.6 Å². The Morgan fingerprint density at radius 1 is 1.65 bits per heavy atom. The molecule has 0 spiro atoms. The molecule has 1 fully saturated rings. The number of nitrogens with zero attached hydrogens (tertiary/aromatic N) is 2. The van der Waals surface area contributed by atoms with Crippen molar-refractivity contribution in [1.29, 1.82) is 5.26 Å². The highest BCUT2D eigenvalue weighted by Gasteiger charge is 2.49. The van der Waals surface area contributed by atoms with Crippen molar-refractivity contribution in [3.05, 3.63) is 32.6 Å². The lowest BCUT2D eigenvalue weighted by Crippen LogP contribution is -2.45.